The summed E-state index contributed by atoms with van der Waals surface area (Å²) in [5, 5.41) is 8.34. The molecule has 8 heteroatoms. The van der Waals surface area contributed by atoms with Crippen molar-refractivity contribution >= 4 is 17.5 Å². The first kappa shape index (κ1) is 13.4. The van der Waals surface area contributed by atoms with Crippen LogP contribution < -0.4 is 5.32 Å². The van der Waals surface area contributed by atoms with Gasteiger partial charge in [0.15, 0.2) is 0 Å². The molecule has 0 aliphatic heterocycles. The molecule has 0 unspecified atom stereocenters. The van der Waals surface area contributed by atoms with Crippen LogP contribution in [0.5, 0.6) is 0 Å². The van der Waals surface area contributed by atoms with E-state index in [4.69, 9.17) is 11.6 Å². The lowest BCUT2D eigenvalue weighted by Crippen LogP contribution is -2.27. The number of rotatable bonds is 4. The number of amides is 1. The van der Waals surface area contributed by atoms with Gasteiger partial charge in [0.1, 0.15) is 23.8 Å². The molecule has 0 bridgehead atoms. The molecule has 0 aliphatic carbocycles. The lowest BCUT2D eigenvalue weighted by molar-refractivity contribution is 0.0949. The Balaban J connectivity index is 1.98. The fourth-order valence-electron chi connectivity index (χ4n) is 1.44. The molecule has 2 N–H and O–H groups in total. The number of H-pyrrole nitrogens is 1. The third-order valence-electron chi connectivity index (χ3n) is 2.37. The number of nitrogens with zero attached hydrogens (tertiary/aromatic N) is 2. The highest BCUT2D eigenvalue weighted by atomic mass is 35.5. The van der Waals surface area contributed by atoms with Crippen LogP contribution >= 0.6 is 11.6 Å². The Labute approximate surface area is 112 Å². The van der Waals surface area contributed by atoms with Gasteiger partial charge in [-0.1, -0.05) is 11.6 Å². The van der Waals surface area contributed by atoms with Crippen molar-refractivity contribution in [2.75, 3.05) is 6.54 Å². The van der Waals surface area contributed by atoms with Gasteiger partial charge in [-0.05, 0) is 12.1 Å². The van der Waals surface area contributed by atoms with Crippen LogP contribution in [0.25, 0.3) is 0 Å². The van der Waals surface area contributed by atoms with E-state index in [0.29, 0.717) is 12.2 Å². The van der Waals surface area contributed by atoms with Crippen molar-refractivity contribution in [1.29, 1.82) is 0 Å². The second kappa shape index (κ2) is 5.75. The summed E-state index contributed by atoms with van der Waals surface area (Å²) >= 11 is 5.40. The van der Waals surface area contributed by atoms with Crippen molar-refractivity contribution in [3.63, 3.8) is 0 Å². The number of hydrogen-bond donors (Lipinski definition) is 2. The molecule has 1 heterocycles. The summed E-state index contributed by atoms with van der Waals surface area (Å²) in [6.07, 6.45) is 1.74. The lowest BCUT2D eigenvalue weighted by atomic mass is 10.2. The molecule has 2 rings (SSSR count). The highest BCUT2D eigenvalue weighted by Gasteiger charge is 2.15. The first-order chi connectivity index (χ1) is 9.08. The second-order valence-electron chi connectivity index (χ2n) is 3.68. The van der Waals surface area contributed by atoms with E-state index >= 15 is 0 Å². The monoisotopic (exact) mass is 286 g/mol. The summed E-state index contributed by atoms with van der Waals surface area (Å²) in [6, 6.07) is 1.53. The summed E-state index contributed by atoms with van der Waals surface area (Å²) in [5.74, 6) is -1.84. The van der Waals surface area contributed by atoms with Crippen LogP contribution in [0.15, 0.2) is 18.5 Å². The van der Waals surface area contributed by atoms with Gasteiger partial charge < -0.3 is 5.32 Å². The normalized spacial score (nSPS) is 10.5. The van der Waals surface area contributed by atoms with Crippen molar-refractivity contribution in [3.8, 4) is 0 Å². The molecule has 1 amide bonds. The summed E-state index contributed by atoms with van der Waals surface area (Å²) < 4.78 is 26.6. The molecule has 0 spiro atoms. The van der Waals surface area contributed by atoms with E-state index in [1.807, 2.05) is 0 Å². The Hall–Kier alpha value is -2.02. The van der Waals surface area contributed by atoms with E-state index in [1.54, 1.807) is 0 Å². The van der Waals surface area contributed by atoms with E-state index in [0.717, 1.165) is 12.1 Å². The summed E-state index contributed by atoms with van der Waals surface area (Å²) in [5.41, 5.74) is -0.389. The van der Waals surface area contributed by atoms with Gasteiger partial charge in [-0.25, -0.2) is 13.8 Å². The Morgan fingerprint density at radius 3 is 2.84 bits per heavy atom. The summed E-state index contributed by atoms with van der Waals surface area (Å²) in [4.78, 5) is 15.5. The van der Waals surface area contributed by atoms with E-state index in [-0.39, 0.29) is 17.1 Å². The van der Waals surface area contributed by atoms with Crippen LogP contribution in [0.3, 0.4) is 0 Å². The molecule has 19 heavy (non-hydrogen) atoms. The Kier molecular flexibility index (Phi) is 4.06. The van der Waals surface area contributed by atoms with Gasteiger partial charge in [0.25, 0.3) is 5.91 Å². The van der Waals surface area contributed by atoms with Gasteiger partial charge in [0.05, 0.1) is 10.6 Å². The van der Waals surface area contributed by atoms with Crippen LogP contribution in [-0.4, -0.2) is 27.6 Å². The molecular weight excluding hydrogens is 278 g/mol. The van der Waals surface area contributed by atoms with Crippen molar-refractivity contribution in [1.82, 2.24) is 20.5 Å². The van der Waals surface area contributed by atoms with Crippen molar-refractivity contribution in [2.24, 2.45) is 0 Å². The maximum Gasteiger partial charge on any atom is 0.254 e. The van der Waals surface area contributed by atoms with Crippen LogP contribution in [0.4, 0.5) is 8.78 Å². The van der Waals surface area contributed by atoms with Gasteiger partial charge in [-0.15, -0.1) is 0 Å². The molecule has 0 radical (unpaired) electrons. The number of hydrogen-bond acceptors (Lipinski definition) is 3. The number of benzene rings is 1. The number of nitrogens with one attached hydrogen (secondary N) is 2. The van der Waals surface area contributed by atoms with Crippen LogP contribution in [-0.2, 0) is 6.42 Å². The van der Waals surface area contributed by atoms with Crippen molar-refractivity contribution in [2.45, 2.75) is 6.42 Å². The fraction of sp³-hybridized carbons (Fsp3) is 0.182. The fourth-order valence-corrected chi connectivity index (χ4v) is 1.59. The molecule has 0 saturated carbocycles. The third kappa shape index (κ3) is 3.25. The zero-order chi connectivity index (χ0) is 13.8. The highest BCUT2D eigenvalue weighted by molar-refractivity contribution is 6.30. The largest absolute Gasteiger partial charge is 0.351 e. The lowest BCUT2D eigenvalue weighted by Gasteiger charge is -2.06. The number of aromatic amines is 1. The molecule has 0 saturated heterocycles. The van der Waals surface area contributed by atoms with Crippen LogP contribution in [0, 0.1) is 11.6 Å². The predicted molar refractivity (Wildman–Crippen MR) is 63.8 cm³/mol. The second-order valence-corrected chi connectivity index (χ2v) is 4.09. The third-order valence-corrected chi connectivity index (χ3v) is 2.66. The van der Waals surface area contributed by atoms with E-state index in [2.05, 4.69) is 20.5 Å². The van der Waals surface area contributed by atoms with E-state index in [9.17, 15) is 13.6 Å². The topological polar surface area (TPSA) is 70.7 Å². The summed E-state index contributed by atoms with van der Waals surface area (Å²) in [6.45, 7) is 0.220. The number of aromatic nitrogens is 3. The molecule has 2 aromatic rings. The van der Waals surface area contributed by atoms with Gasteiger partial charge >= 0.3 is 0 Å². The quantitative estimate of drug-likeness (QED) is 0.841. The summed E-state index contributed by atoms with van der Waals surface area (Å²) in [7, 11) is 0. The first-order valence-corrected chi connectivity index (χ1v) is 5.72. The van der Waals surface area contributed by atoms with E-state index < -0.39 is 17.5 Å². The Bertz CT molecular complexity index is 589. The molecule has 0 atom stereocenters. The molecule has 5 nitrogen and oxygen atoms in total. The highest BCUT2D eigenvalue weighted by Crippen LogP contribution is 2.19. The molecule has 0 aliphatic rings. The Morgan fingerprint density at radius 1 is 1.37 bits per heavy atom. The zero-order valence-electron chi connectivity index (χ0n) is 9.58. The minimum Gasteiger partial charge on any atom is -0.351 e. The predicted octanol–water partition coefficient (Wildman–Crippen LogP) is 1.71. The molecule has 100 valence electrons. The standard InChI is InChI=1S/C11H9ClF2N4O/c12-7-4-8(13)6(3-9(7)14)11(19)15-2-1-10-16-5-17-18-10/h3-5H,1-2H2,(H,15,19)(H,16,17,18). The smallest absolute Gasteiger partial charge is 0.254 e. The van der Waals surface area contributed by atoms with Crippen LogP contribution in [0.2, 0.25) is 5.02 Å². The van der Waals surface area contributed by atoms with Gasteiger partial charge in [0, 0.05) is 13.0 Å². The van der Waals surface area contributed by atoms with Gasteiger partial charge in [-0.3, -0.25) is 9.89 Å². The van der Waals surface area contributed by atoms with Gasteiger partial charge in [0.2, 0.25) is 0 Å². The number of carbonyl (C=O) groups is 1. The minimum absolute atomic E-state index is 0.220. The van der Waals surface area contributed by atoms with Crippen LogP contribution in [0.1, 0.15) is 16.2 Å². The number of halogens is 3. The SMILES string of the molecule is O=C(NCCc1ncn[nH]1)c1cc(F)c(Cl)cc1F. The van der Waals surface area contributed by atoms with Crippen molar-refractivity contribution in [3.05, 3.63) is 46.5 Å². The molecule has 1 aromatic carbocycles. The maximum atomic E-state index is 13.4. The Morgan fingerprint density at radius 2 is 2.16 bits per heavy atom. The zero-order valence-corrected chi connectivity index (χ0v) is 10.3. The van der Waals surface area contributed by atoms with Gasteiger partial charge in [-0.2, -0.15) is 5.10 Å². The van der Waals surface area contributed by atoms with E-state index in [1.165, 1.54) is 6.33 Å². The molecular formula is C11H9ClF2N4O. The molecule has 1 aromatic heterocycles. The van der Waals surface area contributed by atoms with Crippen molar-refractivity contribution < 1.29 is 13.6 Å². The molecule has 0 fully saturated rings. The number of carbonyl (C=O) groups excluding carboxylic acids is 1. The first-order valence-electron chi connectivity index (χ1n) is 5.35. The average molecular weight is 287 g/mol. The average Bonchev–Trinajstić information content (AvgIpc) is 2.86. The maximum absolute atomic E-state index is 13.4. The minimum atomic E-state index is -0.872.